The number of nitrogens with zero attached hydrogens (tertiary/aromatic N) is 2. The first-order chi connectivity index (χ1) is 11.1. The molecule has 7 nitrogen and oxygen atoms in total. The number of nitrogens with one attached hydrogen (secondary N) is 1. The molecule has 1 aliphatic heterocycles. The van der Waals surface area contributed by atoms with Crippen LogP contribution in [-0.4, -0.2) is 61.4 Å². The molecule has 23 heavy (non-hydrogen) atoms. The van der Waals surface area contributed by atoms with E-state index in [-0.39, 0.29) is 11.3 Å². The number of thioether (sulfide) groups is 1. The third kappa shape index (κ3) is 5.19. The summed E-state index contributed by atoms with van der Waals surface area (Å²) in [7, 11) is 0. The minimum Gasteiger partial charge on any atom is -0.379 e. The lowest BCUT2D eigenvalue weighted by Gasteiger charge is -2.26. The SMILES string of the molecule is CSc1ccc([N+](=O)[O-])c(C(=O)NCCCN2CCOCC2)c1. The Morgan fingerprint density at radius 3 is 2.83 bits per heavy atom. The second-order valence-electron chi connectivity index (χ2n) is 5.20. The fourth-order valence-electron chi connectivity index (χ4n) is 2.41. The van der Waals surface area contributed by atoms with E-state index in [1.54, 1.807) is 12.1 Å². The van der Waals surface area contributed by atoms with Gasteiger partial charge in [0.2, 0.25) is 0 Å². The number of carbonyl (C=O) groups is 1. The highest BCUT2D eigenvalue weighted by Crippen LogP contribution is 2.24. The fraction of sp³-hybridized carbons (Fsp3) is 0.533. The molecule has 0 unspecified atom stereocenters. The van der Waals surface area contributed by atoms with Crippen molar-refractivity contribution in [3.63, 3.8) is 0 Å². The summed E-state index contributed by atoms with van der Waals surface area (Å²) in [6, 6.07) is 4.60. The summed E-state index contributed by atoms with van der Waals surface area (Å²) in [5, 5.41) is 13.8. The van der Waals surface area contributed by atoms with Crippen LogP contribution in [0, 0.1) is 10.1 Å². The van der Waals surface area contributed by atoms with Gasteiger partial charge in [0, 0.05) is 30.6 Å². The van der Waals surface area contributed by atoms with Gasteiger partial charge in [-0.15, -0.1) is 11.8 Å². The summed E-state index contributed by atoms with van der Waals surface area (Å²) in [5.41, 5.74) is -0.0401. The zero-order valence-electron chi connectivity index (χ0n) is 13.1. The zero-order valence-corrected chi connectivity index (χ0v) is 13.9. The average molecular weight is 339 g/mol. The van der Waals surface area contributed by atoms with Crippen LogP contribution >= 0.6 is 11.8 Å². The van der Waals surface area contributed by atoms with Crippen molar-refractivity contribution in [2.24, 2.45) is 0 Å². The molecule has 126 valence electrons. The van der Waals surface area contributed by atoms with Gasteiger partial charge < -0.3 is 10.1 Å². The summed E-state index contributed by atoms with van der Waals surface area (Å²) in [4.78, 5) is 25.9. The van der Waals surface area contributed by atoms with Crippen LogP contribution in [0.5, 0.6) is 0 Å². The molecule has 2 rings (SSSR count). The van der Waals surface area contributed by atoms with Crippen LogP contribution < -0.4 is 5.32 Å². The van der Waals surface area contributed by atoms with Crippen molar-refractivity contribution in [2.45, 2.75) is 11.3 Å². The van der Waals surface area contributed by atoms with Gasteiger partial charge in [0.1, 0.15) is 5.56 Å². The molecule has 1 amide bonds. The number of benzene rings is 1. The van der Waals surface area contributed by atoms with Gasteiger partial charge in [-0.3, -0.25) is 19.8 Å². The second-order valence-corrected chi connectivity index (χ2v) is 6.08. The number of ether oxygens (including phenoxy) is 1. The Morgan fingerprint density at radius 1 is 1.43 bits per heavy atom. The monoisotopic (exact) mass is 339 g/mol. The third-order valence-electron chi connectivity index (χ3n) is 3.69. The molecule has 1 aliphatic rings. The van der Waals surface area contributed by atoms with E-state index < -0.39 is 10.8 Å². The molecule has 0 bridgehead atoms. The standard InChI is InChI=1S/C15H21N3O4S/c1-23-12-3-4-14(18(20)21)13(11-12)15(19)16-5-2-6-17-7-9-22-10-8-17/h3-4,11H,2,5-10H2,1H3,(H,16,19). The second kappa shape index (κ2) is 8.85. The Balaban J connectivity index is 1.88. The highest BCUT2D eigenvalue weighted by molar-refractivity contribution is 7.98. The maximum atomic E-state index is 12.2. The van der Waals surface area contributed by atoms with Gasteiger partial charge in [-0.05, 0) is 31.4 Å². The number of nitro groups is 1. The molecule has 1 saturated heterocycles. The minimum absolute atomic E-state index is 0.119. The van der Waals surface area contributed by atoms with Gasteiger partial charge in [0.05, 0.1) is 18.1 Å². The smallest absolute Gasteiger partial charge is 0.282 e. The summed E-state index contributed by atoms with van der Waals surface area (Å²) < 4.78 is 5.28. The van der Waals surface area contributed by atoms with Crippen molar-refractivity contribution >= 4 is 23.4 Å². The number of hydrogen-bond donors (Lipinski definition) is 1. The Labute approximate surface area is 139 Å². The number of rotatable bonds is 7. The first kappa shape index (κ1) is 17.7. The van der Waals surface area contributed by atoms with Gasteiger partial charge in [-0.1, -0.05) is 0 Å². The molecule has 1 heterocycles. The quantitative estimate of drug-likeness (QED) is 0.353. The van der Waals surface area contributed by atoms with Crippen molar-refractivity contribution in [1.82, 2.24) is 10.2 Å². The van der Waals surface area contributed by atoms with Crippen molar-refractivity contribution < 1.29 is 14.5 Å². The van der Waals surface area contributed by atoms with Crippen molar-refractivity contribution in [2.75, 3.05) is 45.6 Å². The van der Waals surface area contributed by atoms with Crippen LogP contribution in [0.4, 0.5) is 5.69 Å². The van der Waals surface area contributed by atoms with E-state index >= 15 is 0 Å². The van der Waals surface area contributed by atoms with E-state index in [1.165, 1.54) is 17.8 Å². The normalized spacial score (nSPS) is 15.3. The Hall–Kier alpha value is -1.64. The van der Waals surface area contributed by atoms with Crippen LogP contribution in [-0.2, 0) is 4.74 Å². The highest BCUT2D eigenvalue weighted by atomic mass is 32.2. The van der Waals surface area contributed by atoms with Crippen LogP contribution in [0.15, 0.2) is 23.1 Å². The van der Waals surface area contributed by atoms with E-state index in [2.05, 4.69) is 10.2 Å². The van der Waals surface area contributed by atoms with Gasteiger partial charge in [-0.25, -0.2) is 0 Å². The predicted octanol–water partition coefficient (Wildman–Crippen LogP) is 1.77. The lowest BCUT2D eigenvalue weighted by molar-refractivity contribution is -0.385. The topological polar surface area (TPSA) is 84.7 Å². The van der Waals surface area contributed by atoms with Crippen LogP contribution in [0.2, 0.25) is 0 Å². The maximum absolute atomic E-state index is 12.2. The van der Waals surface area contributed by atoms with E-state index in [0.29, 0.717) is 6.54 Å². The zero-order chi connectivity index (χ0) is 16.7. The molecule has 0 atom stereocenters. The van der Waals surface area contributed by atoms with Crippen LogP contribution in [0.25, 0.3) is 0 Å². The molecule has 8 heteroatoms. The fourth-order valence-corrected chi connectivity index (χ4v) is 2.85. The molecule has 0 saturated carbocycles. The highest BCUT2D eigenvalue weighted by Gasteiger charge is 2.20. The summed E-state index contributed by atoms with van der Waals surface area (Å²) in [6.45, 7) is 4.71. The van der Waals surface area contributed by atoms with Crippen LogP contribution in [0.3, 0.4) is 0 Å². The van der Waals surface area contributed by atoms with Gasteiger partial charge in [0.25, 0.3) is 11.6 Å². The average Bonchev–Trinajstić information content (AvgIpc) is 2.58. The van der Waals surface area contributed by atoms with Gasteiger partial charge in [-0.2, -0.15) is 0 Å². The van der Waals surface area contributed by atoms with Gasteiger partial charge >= 0.3 is 0 Å². The number of hydrogen-bond acceptors (Lipinski definition) is 6. The molecule has 1 N–H and O–H groups in total. The van der Waals surface area contributed by atoms with Crippen molar-refractivity contribution in [1.29, 1.82) is 0 Å². The molecule has 0 aromatic heterocycles. The first-order valence-electron chi connectivity index (χ1n) is 7.52. The number of nitro benzene ring substituents is 1. The molecule has 0 spiro atoms. The largest absolute Gasteiger partial charge is 0.379 e. The van der Waals surface area contributed by atoms with Crippen molar-refractivity contribution in [3.05, 3.63) is 33.9 Å². The lowest BCUT2D eigenvalue weighted by Crippen LogP contribution is -2.38. The lowest BCUT2D eigenvalue weighted by atomic mass is 10.1. The van der Waals surface area contributed by atoms with Crippen molar-refractivity contribution in [3.8, 4) is 0 Å². The molecule has 1 aromatic rings. The Morgan fingerprint density at radius 2 is 2.17 bits per heavy atom. The molecule has 1 aromatic carbocycles. The maximum Gasteiger partial charge on any atom is 0.282 e. The number of morpholine rings is 1. The summed E-state index contributed by atoms with van der Waals surface area (Å²) >= 11 is 1.45. The Bertz CT molecular complexity index is 562. The molecular weight excluding hydrogens is 318 g/mol. The molecule has 0 aliphatic carbocycles. The molecule has 0 radical (unpaired) electrons. The van der Waals surface area contributed by atoms with Gasteiger partial charge in [0.15, 0.2) is 0 Å². The predicted molar refractivity (Wildman–Crippen MR) is 89.1 cm³/mol. The number of carbonyl (C=O) groups excluding carboxylic acids is 1. The van der Waals surface area contributed by atoms with Crippen LogP contribution in [0.1, 0.15) is 16.8 Å². The first-order valence-corrected chi connectivity index (χ1v) is 8.75. The summed E-state index contributed by atoms with van der Waals surface area (Å²) in [6.07, 6.45) is 2.67. The molecular formula is C15H21N3O4S. The van der Waals surface area contributed by atoms with E-state index in [1.807, 2.05) is 6.26 Å². The number of amides is 1. The summed E-state index contributed by atoms with van der Waals surface area (Å²) in [5.74, 6) is -0.394. The van der Waals surface area contributed by atoms with E-state index in [9.17, 15) is 14.9 Å². The Kier molecular flexibility index (Phi) is 6.82. The minimum atomic E-state index is -0.521. The third-order valence-corrected chi connectivity index (χ3v) is 4.41. The van der Waals surface area contributed by atoms with E-state index in [4.69, 9.17) is 4.74 Å². The van der Waals surface area contributed by atoms with E-state index in [0.717, 1.165) is 44.2 Å². The molecule has 1 fully saturated rings.